The maximum Gasteiger partial charge on any atom is 0.368 e. The molecule has 3 rings (SSSR count). The number of aromatic nitrogens is 5. The van der Waals surface area contributed by atoms with E-state index in [1.165, 1.54) is 20.7 Å². The monoisotopic (exact) mass is 347 g/mol. The SMILES string of the molecule is CC(C)Oc1cccc(-n2nnn(C)c2=O)c1COc1nccs1. The zero-order chi connectivity index (χ0) is 17.1. The fourth-order valence-corrected chi connectivity index (χ4v) is 2.63. The Morgan fingerprint density at radius 1 is 1.29 bits per heavy atom. The Morgan fingerprint density at radius 2 is 2.12 bits per heavy atom. The van der Waals surface area contributed by atoms with Crippen LogP contribution in [0.25, 0.3) is 5.69 Å². The minimum absolute atomic E-state index is 0.0163. The molecule has 8 nitrogen and oxygen atoms in total. The molecule has 9 heteroatoms. The summed E-state index contributed by atoms with van der Waals surface area (Å²) >= 11 is 1.40. The van der Waals surface area contributed by atoms with Crippen LogP contribution >= 0.6 is 11.3 Å². The lowest BCUT2D eigenvalue weighted by molar-refractivity contribution is 0.230. The summed E-state index contributed by atoms with van der Waals surface area (Å²) in [5.41, 5.74) is 0.944. The summed E-state index contributed by atoms with van der Waals surface area (Å²) in [6.07, 6.45) is 1.65. The maximum absolute atomic E-state index is 12.2. The van der Waals surface area contributed by atoms with Gasteiger partial charge in [-0.05, 0) is 36.4 Å². The molecule has 2 aromatic heterocycles. The highest BCUT2D eigenvalue weighted by Gasteiger charge is 2.17. The first-order chi connectivity index (χ1) is 11.6. The Bertz CT molecular complexity index is 870. The van der Waals surface area contributed by atoms with Crippen LogP contribution in [-0.2, 0) is 13.7 Å². The molecule has 0 N–H and O–H groups in total. The number of ether oxygens (including phenoxy) is 2. The molecular weight excluding hydrogens is 330 g/mol. The first kappa shape index (κ1) is 16.2. The van der Waals surface area contributed by atoms with Crippen LogP contribution in [0.5, 0.6) is 10.9 Å². The third-order valence-corrected chi connectivity index (χ3v) is 3.85. The lowest BCUT2D eigenvalue weighted by Crippen LogP contribution is -2.23. The van der Waals surface area contributed by atoms with Crippen LogP contribution in [0.15, 0.2) is 34.6 Å². The predicted octanol–water partition coefficient (Wildman–Crippen LogP) is 1.79. The minimum Gasteiger partial charge on any atom is -0.491 e. The van der Waals surface area contributed by atoms with Crippen molar-refractivity contribution in [2.75, 3.05) is 0 Å². The largest absolute Gasteiger partial charge is 0.491 e. The van der Waals surface area contributed by atoms with E-state index in [1.807, 2.05) is 25.3 Å². The average Bonchev–Trinajstić information content (AvgIpc) is 3.17. The molecule has 0 unspecified atom stereocenters. The van der Waals surface area contributed by atoms with Gasteiger partial charge in [0.15, 0.2) is 0 Å². The molecule has 0 aliphatic heterocycles. The van der Waals surface area contributed by atoms with Gasteiger partial charge in [-0.3, -0.25) is 0 Å². The van der Waals surface area contributed by atoms with Gasteiger partial charge in [0.1, 0.15) is 12.4 Å². The Balaban J connectivity index is 2.03. The molecule has 0 fully saturated rings. The van der Waals surface area contributed by atoms with Crippen LogP contribution < -0.4 is 15.2 Å². The first-order valence-corrected chi connectivity index (χ1v) is 8.24. The van der Waals surface area contributed by atoms with Crippen molar-refractivity contribution >= 4 is 11.3 Å². The van der Waals surface area contributed by atoms with E-state index in [1.54, 1.807) is 25.4 Å². The predicted molar refractivity (Wildman–Crippen MR) is 88.8 cm³/mol. The molecule has 0 aliphatic rings. The number of hydrogen-bond acceptors (Lipinski definition) is 7. The van der Waals surface area contributed by atoms with Crippen LogP contribution in [-0.4, -0.2) is 30.9 Å². The summed E-state index contributed by atoms with van der Waals surface area (Å²) in [6, 6.07) is 5.43. The van der Waals surface area contributed by atoms with E-state index in [0.717, 1.165) is 0 Å². The molecule has 0 bridgehead atoms. The van der Waals surface area contributed by atoms with E-state index >= 15 is 0 Å². The van der Waals surface area contributed by atoms with E-state index in [9.17, 15) is 4.79 Å². The molecule has 0 atom stereocenters. The molecule has 24 heavy (non-hydrogen) atoms. The van der Waals surface area contributed by atoms with Gasteiger partial charge < -0.3 is 9.47 Å². The van der Waals surface area contributed by atoms with E-state index in [4.69, 9.17) is 9.47 Å². The minimum atomic E-state index is -0.341. The number of nitrogens with zero attached hydrogens (tertiary/aromatic N) is 5. The van der Waals surface area contributed by atoms with Crippen molar-refractivity contribution in [3.8, 4) is 16.6 Å². The number of hydrogen-bond donors (Lipinski definition) is 0. The van der Waals surface area contributed by atoms with Gasteiger partial charge in [0.05, 0.1) is 17.4 Å². The zero-order valence-electron chi connectivity index (χ0n) is 13.5. The average molecular weight is 347 g/mol. The Labute approximate surface area is 142 Å². The Morgan fingerprint density at radius 3 is 2.75 bits per heavy atom. The number of thiazole rings is 1. The summed E-state index contributed by atoms with van der Waals surface area (Å²) in [6.45, 7) is 4.08. The van der Waals surface area contributed by atoms with Crippen molar-refractivity contribution in [3.05, 3.63) is 45.8 Å². The van der Waals surface area contributed by atoms with Crippen molar-refractivity contribution in [1.29, 1.82) is 0 Å². The second-order valence-electron chi connectivity index (χ2n) is 5.30. The van der Waals surface area contributed by atoms with Gasteiger partial charge in [0.2, 0.25) is 0 Å². The van der Waals surface area contributed by atoms with Crippen molar-refractivity contribution in [2.45, 2.75) is 26.6 Å². The number of tetrazole rings is 1. The summed E-state index contributed by atoms with van der Waals surface area (Å²) in [5, 5.41) is 10.0. The molecular formula is C15H17N5O3S. The van der Waals surface area contributed by atoms with Gasteiger partial charge >= 0.3 is 5.69 Å². The molecule has 3 aromatic rings. The second kappa shape index (κ2) is 6.83. The maximum atomic E-state index is 12.2. The van der Waals surface area contributed by atoms with Crippen molar-refractivity contribution in [2.24, 2.45) is 7.05 Å². The van der Waals surface area contributed by atoms with Crippen LogP contribution in [0.4, 0.5) is 0 Å². The van der Waals surface area contributed by atoms with Crippen LogP contribution in [0.2, 0.25) is 0 Å². The van der Waals surface area contributed by atoms with Crippen molar-refractivity contribution in [3.63, 3.8) is 0 Å². The molecule has 0 spiro atoms. The zero-order valence-corrected chi connectivity index (χ0v) is 14.4. The van der Waals surface area contributed by atoms with Gasteiger partial charge in [0.25, 0.3) is 5.19 Å². The summed E-state index contributed by atoms with van der Waals surface area (Å²) < 4.78 is 14.0. The first-order valence-electron chi connectivity index (χ1n) is 7.36. The summed E-state index contributed by atoms with van der Waals surface area (Å²) in [7, 11) is 1.55. The lowest BCUT2D eigenvalue weighted by Gasteiger charge is -2.16. The number of aryl methyl sites for hydroxylation is 1. The quantitative estimate of drug-likeness (QED) is 0.676. The highest BCUT2D eigenvalue weighted by Crippen LogP contribution is 2.27. The summed E-state index contributed by atoms with van der Waals surface area (Å²) in [5.74, 6) is 0.636. The molecule has 0 amide bonds. The van der Waals surface area contributed by atoms with Crippen LogP contribution in [0, 0.1) is 0 Å². The molecule has 0 saturated carbocycles. The highest BCUT2D eigenvalue weighted by atomic mass is 32.1. The van der Waals surface area contributed by atoms with E-state index < -0.39 is 0 Å². The number of rotatable bonds is 6. The van der Waals surface area contributed by atoms with E-state index in [0.29, 0.717) is 22.2 Å². The standard InChI is InChI=1S/C15H17N5O3S/c1-10(2)23-13-6-4-5-12(20-15(21)19(3)17-18-20)11(13)9-22-14-16-7-8-24-14/h4-8,10H,9H2,1-3H3. The molecule has 0 saturated heterocycles. The van der Waals surface area contributed by atoms with E-state index in [2.05, 4.69) is 15.4 Å². The summed E-state index contributed by atoms with van der Waals surface area (Å²) in [4.78, 5) is 16.3. The molecule has 0 aliphatic carbocycles. The molecule has 2 heterocycles. The third-order valence-electron chi connectivity index (χ3n) is 3.17. The highest BCUT2D eigenvalue weighted by molar-refractivity contribution is 7.11. The van der Waals surface area contributed by atoms with Gasteiger partial charge in [-0.2, -0.15) is 9.36 Å². The van der Waals surface area contributed by atoms with Crippen LogP contribution in [0.1, 0.15) is 19.4 Å². The molecule has 126 valence electrons. The number of benzene rings is 1. The third kappa shape index (κ3) is 3.30. The Kier molecular flexibility index (Phi) is 4.61. The molecule has 0 radical (unpaired) electrons. The normalized spacial score (nSPS) is 11.0. The van der Waals surface area contributed by atoms with Crippen LogP contribution in [0.3, 0.4) is 0 Å². The second-order valence-corrected chi connectivity index (χ2v) is 6.16. The molecule has 1 aromatic carbocycles. The van der Waals surface area contributed by atoms with E-state index in [-0.39, 0.29) is 18.4 Å². The fourth-order valence-electron chi connectivity index (χ4n) is 2.14. The fraction of sp³-hybridized carbons (Fsp3) is 0.333. The topological polar surface area (TPSA) is 84.1 Å². The van der Waals surface area contributed by atoms with Crippen molar-refractivity contribution < 1.29 is 9.47 Å². The Hall–Kier alpha value is -2.68. The van der Waals surface area contributed by atoms with Crippen molar-refractivity contribution in [1.82, 2.24) is 24.8 Å². The van der Waals surface area contributed by atoms with Gasteiger partial charge in [0, 0.05) is 18.6 Å². The van der Waals surface area contributed by atoms with Gasteiger partial charge in [-0.15, -0.1) is 0 Å². The van der Waals surface area contributed by atoms with Gasteiger partial charge in [-0.1, -0.05) is 17.4 Å². The smallest absolute Gasteiger partial charge is 0.368 e. The lowest BCUT2D eigenvalue weighted by atomic mass is 10.1. The van der Waals surface area contributed by atoms with Gasteiger partial charge in [-0.25, -0.2) is 9.78 Å².